The van der Waals surface area contributed by atoms with E-state index in [9.17, 15) is 4.79 Å². The Balaban J connectivity index is 1.75. The molecule has 0 radical (unpaired) electrons. The fourth-order valence-corrected chi connectivity index (χ4v) is 4.38. The van der Waals surface area contributed by atoms with Gasteiger partial charge in [-0.05, 0) is 36.8 Å². The molecule has 4 rings (SSSR count). The van der Waals surface area contributed by atoms with Gasteiger partial charge in [0.1, 0.15) is 0 Å². The van der Waals surface area contributed by atoms with Crippen LogP contribution in [-0.2, 0) is 11.8 Å². The van der Waals surface area contributed by atoms with Crippen LogP contribution in [0.2, 0.25) is 0 Å². The summed E-state index contributed by atoms with van der Waals surface area (Å²) < 4.78 is 2.64. The van der Waals surface area contributed by atoms with Crippen LogP contribution >= 0.6 is 24.0 Å². The first-order valence-electron chi connectivity index (χ1n) is 7.93. The smallest absolute Gasteiger partial charge is 0.270 e. The molecule has 1 amide bonds. The molecule has 0 atom stereocenters. The molecule has 1 aliphatic heterocycles. The fourth-order valence-electron chi connectivity index (χ4n) is 3.09. The second-order valence-corrected chi connectivity index (χ2v) is 7.74. The van der Waals surface area contributed by atoms with Crippen LogP contribution in [-0.4, -0.2) is 14.8 Å². The lowest BCUT2D eigenvalue weighted by Gasteiger charge is -2.14. The van der Waals surface area contributed by atoms with E-state index in [2.05, 4.69) is 16.7 Å². The zero-order valence-corrected chi connectivity index (χ0v) is 15.5. The van der Waals surface area contributed by atoms with Crippen molar-refractivity contribution in [1.29, 1.82) is 0 Å². The number of hydrogen-bond acceptors (Lipinski definition) is 3. The third kappa shape index (κ3) is 2.79. The quantitative estimate of drug-likeness (QED) is 0.478. The number of carbonyl (C=O) groups is 1. The number of para-hydroxylation sites is 1. The first-order valence-corrected chi connectivity index (χ1v) is 9.16. The average molecular weight is 364 g/mol. The predicted molar refractivity (Wildman–Crippen MR) is 110 cm³/mol. The number of nitrogens with zero attached hydrogens (tertiary/aromatic N) is 2. The molecule has 1 fully saturated rings. The monoisotopic (exact) mass is 364 g/mol. The summed E-state index contributed by atoms with van der Waals surface area (Å²) in [6.45, 7) is 2.01. The van der Waals surface area contributed by atoms with Gasteiger partial charge >= 0.3 is 0 Å². The number of hydrogen-bond donors (Lipinski definition) is 0. The molecule has 1 aromatic heterocycles. The zero-order valence-electron chi connectivity index (χ0n) is 13.9. The minimum atomic E-state index is -0.0615. The molecule has 3 nitrogen and oxygen atoms in total. The Morgan fingerprint density at radius 3 is 2.72 bits per heavy atom. The standard InChI is InChI=1S/C20H16N2OS2/c1-13-6-5-7-15(10-13)22-19(23)18(25-20(22)24)11-14-12-21(2)17-9-4-3-8-16(14)17/h3-12H,1-2H3. The van der Waals surface area contributed by atoms with Crippen molar-refractivity contribution < 1.29 is 4.79 Å². The molecule has 0 saturated carbocycles. The number of carbonyl (C=O) groups excluding carboxylic acids is 1. The molecule has 0 aliphatic carbocycles. The summed E-state index contributed by atoms with van der Waals surface area (Å²) in [6.07, 6.45) is 3.99. The Hall–Kier alpha value is -2.37. The summed E-state index contributed by atoms with van der Waals surface area (Å²) in [4.78, 5) is 15.2. The molecule has 0 bridgehead atoms. The van der Waals surface area contributed by atoms with Crippen molar-refractivity contribution in [2.45, 2.75) is 6.92 Å². The van der Waals surface area contributed by atoms with Crippen LogP contribution in [0.4, 0.5) is 5.69 Å². The van der Waals surface area contributed by atoms with Crippen molar-refractivity contribution in [3.8, 4) is 0 Å². The minimum absolute atomic E-state index is 0.0615. The number of thiocarbonyl (C=S) groups is 1. The Morgan fingerprint density at radius 1 is 1.12 bits per heavy atom. The van der Waals surface area contributed by atoms with Crippen molar-refractivity contribution in [3.63, 3.8) is 0 Å². The highest BCUT2D eigenvalue weighted by molar-refractivity contribution is 8.27. The number of thioether (sulfide) groups is 1. The SMILES string of the molecule is Cc1cccc(N2C(=O)C(=Cc3cn(C)c4ccccc34)SC2=S)c1. The molecule has 0 spiro atoms. The van der Waals surface area contributed by atoms with Crippen LogP contribution in [0.15, 0.2) is 59.6 Å². The molecular formula is C20H16N2OS2. The van der Waals surface area contributed by atoms with Crippen LogP contribution in [0.3, 0.4) is 0 Å². The van der Waals surface area contributed by atoms with Crippen LogP contribution in [0.25, 0.3) is 17.0 Å². The molecule has 2 aromatic carbocycles. The van der Waals surface area contributed by atoms with Crippen LogP contribution < -0.4 is 4.90 Å². The number of anilines is 1. The van der Waals surface area contributed by atoms with Crippen molar-refractivity contribution in [2.24, 2.45) is 7.05 Å². The third-order valence-corrected chi connectivity index (χ3v) is 5.57. The first kappa shape index (κ1) is 16.1. The number of aryl methyl sites for hydroxylation is 2. The second-order valence-electron chi connectivity index (χ2n) is 6.07. The molecule has 124 valence electrons. The summed E-state index contributed by atoms with van der Waals surface area (Å²) in [5.74, 6) is -0.0615. The Bertz CT molecular complexity index is 1050. The lowest BCUT2D eigenvalue weighted by atomic mass is 10.1. The largest absolute Gasteiger partial charge is 0.350 e. The first-order chi connectivity index (χ1) is 12.0. The molecule has 0 N–H and O–H groups in total. The number of rotatable bonds is 2. The molecule has 2 heterocycles. The molecular weight excluding hydrogens is 348 g/mol. The highest BCUT2D eigenvalue weighted by Gasteiger charge is 2.33. The van der Waals surface area contributed by atoms with Gasteiger partial charge in [-0.15, -0.1) is 0 Å². The van der Waals surface area contributed by atoms with Gasteiger partial charge in [-0.1, -0.05) is 54.3 Å². The zero-order chi connectivity index (χ0) is 17.6. The lowest BCUT2D eigenvalue weighted by Crippen LogP contribution is -2.27. The van der Waals surface area contributed by atoms with E-state index in [-0.39, 0.29) is 5.91 Å². The van der Waals surface area contributed by atoms with Crippen molar-refractivity contribution >= 4 is 56.9 Å². The maximum atomic E-state index is 12.9. The molecule has 1 saturated heterocycles. The van der Waals surface area contributed by atoms with E-state index >= 15 is 0 Å². The fraction of sp³-hybridized carbons (Fsp3) is 0.100. The van der Waals surface area contributed by atoms with Gasteiger partial charge in [-0.25, -0.2) is 0 Å². The van der Waals surface area contributed by atoms with Gasteiger partial charge < -0.3 is 4.57 Å². The third-order valence-electron chi connectivity index (χ3n) is 4.27. The highest BCUT2D eigenvalue weighted by Crippen LogP contribution is 2.37. The topological polar surface area (TPSA) is 25.2 Å². The van der Waals surface area contributed by atoms with Crippen molar-refractivity contribution in [3.05, 3.63) is 70.8 Å². The molecule has 1 aliphatic rings. The Kier molecular flexibility index (Phi) is 3.98. The van der Waals surface area contributed by atoms with E-state index in [1.54, 1.807) is 4.90 Å². The molecule has 3 aromatic rings. The lowest BCUT2D eigenvalue weighted by molar-refractivity contribution is -0.113. The average Bonchev–Trinajstić information content (AvgIpc) is 3.05. The summed E-state index contributed by atoms with van der Waals surface area (Å²) in [7, 11) is 2.01. The molecule has 25 heavy (non-hydrogen) atoms. The number of fused-ring (bicyclic) bond motifs is 1. The predicted octanol–water partition coefficient (Wildman–Crippen LogP) is 4.89. The van der Waals surface area contributed by atoms with E-state index < -0.39 is 0 Å². The minimum Gasteiger partial charge on any atom is -0.350 e. The van der Waals surface area contributed by atoms with Crippen LogP contribution in [0, 0.1) is 6.92 Å². The second kappa shape index (κ2) is 6.17. The van der Waals surface area contributed by atoms with Crippen LogP contribution in [0.1, 0.15) is 11.1 Å². The van der Waals surface area contributed by atoms with Gasteiger partial charge in [0.25, 0.3) is 5.91 Å². The van der Waals surface area contributed by atoms with Gasteiger partial charge in [-0.3, -0.25) is 9.69 Å². The molecule has 0 unspecified atom stereocenters. The van der Waals surface area contributed by atoms with E-state index in [1.807, 2.05) is 62.6 Å². The summed E-state index contributed by atoms with van der Waals surface area (Å²) in [5, 5.41) is 1.13. The van der Waals surface area contributed by atoms with Crippen molar-refractivity contribution in [1.82, 2.24) is 4.57 Å². The summed E-state index contributed by atoms with van der Waals surface area (Å²) in [6, 6.07) is 16.0. The van der Waals surface area contributed by atoms with Gasteiger partial charge in [-0.2, -0.15) is 0 Å². The Morgan fingerprint density at radius 2 is 1.92 bits per heavy atom. The number of amides is 1. The summed E-state index contributed by atoms with van der Waals surface area (Å²) in [5.41, 5.74) is 4.10. The Labute approximate surface area is 155 Å². The normalized spacial score (nSPS) is 16.4. The number of benzene rings is 2. The van der Waals surface area contributed by atoms with Gasteiger partial charge in [0.05, 0.1) is 10.6 Å². The van der Waals surface area contributed by atoms with E-state index in [1.165, 1.54) is 11.8 Å². The highest BCUT2D eigenvalue weighted by atomic mass is 32.2. The van der Waals surface area contributed by atoms with E-state index in [0.717, 1.165) is 27.7 Å². The number of aromatic nitrogens is 1. The maximum Gasteiger partial charge on any atom is 0.270 e. The van der Waals surface area contributed by atoms with E-state index in [4.69, 9.17) is 12.2 Å². The summed E-state index contributed by atoms with van der Waals surface area (Å²) >= 11 is 6.81. The van der Waals surface area contributed by atoms with E-state index in [0.29, 0.717) is 9.23 Å². The van der Waals surface area contributed by atoms with Gasteiger partial charge in [0, 0.05) is 29.7 Å². The van der Waals surface area contributed by atoms with Crippen LogP contribution in [0.5, 0.6) is 0 Å². The van der Waals surface area contributed by atoms with Crippen molar-refractivity contribution in [2.75, 3.05) is 4.90 Å². The van der Waals surface area contributed by atoms with Gasteiger partial charge in [0.2, 0.25) is 0 Å². The maximum absolute atomic E-state index is 12.9. The van der Waals surface area contributed by atoms with Gasteiger partial charge in [0.15, 0.2) is 4.32 Å². The molecule has 5 heteroatoms.